The molecular formula is C13H24O4. The molecule has 0 aliphatic carbocycles. The minimum atomic E-state index is -0.391. The summed E-state index contributed by atoms with van der Waals surface area (Å²) in [5.74, 6) is 0.0942. The molecule has 1 N–H and O–H groups in total. The number of hydrogen-bond acceptors (Lipinski definition) is 4. The number of carbonyl (C=O) groups excluding carboxylic acids is 1. The van der Waals surface area contributed by atoms with E-state index in [0.29, 0.717) is 19.4 Å². The van der Waals surface area contributed by atoms with Crippen LogP contribution in [0.1, 0.15) is 45.4 Å². The Labute approximate surface area is 103 Å². The van der Waals surface area contributed by atoms with Crippen molar-refractivity contribution in [2.45, 2.75) is 51.6 Å². The molecule has 1 aliphatic rings. The van der Waals surface area contributed by atoms with Crippen LogP contribution in [-0.2, 0) is 14.3 Å². The number of carbonyl (C=O) groups is 1. The van der Waals surface area contributed by atoms with Crippen LogP contribution in [-0.4, -0.2) is 37.0 Å². The molecule has 0 aromatic carbocycles. The van der Waals surface area contributed by atoms with Gasteiger partial charge in [0.1, 0.15) is 0 Å². The van der Waals surface area contributed by atoms with E-state index in [9.17, 15) is 9.90 Å². The molecule has 0 spiro atoms. The van der Waals surface area contributed by atoms with E-state index in [-0.39, 0.29) is 11.9 Å². The molecular weight excluding hydrogens is 220 g/mol. The Morgan fingerprint density at radius 1 is 1.47 bits per heavy atom. The molecule has 0 aromatic heterocycles. The Bertz CT molecular complexity index is 211. The zero-order valence-electron chi connectivity index (χ0n) is 10.7. The maximum Gasteiger partial charge on any atom is 0.305 e. The fourth-order valence-electron chi connectivity index (χ4n) is 2.00. The Balaban J connectivity index is 2.09. The van der Waals surface area contributed by atoms with E-state index < -0.39 is 6.10 Å². The predicted octanol–water partition coefficient (Wildman–Crippen LogP) is 1.90. The number of esters is 1. The van der Waals surface area contributed by atoms with Gasteiger partial charge in [-0.3, -0.25) is 4.79 Å². The van der Waals surface area contributed by atoms with Gasteiger partial charge in [0, 0.05) is 19.6 Å². The third-order valence-electron chi connectivity index (χ3n) is 3.22. The zero-order valence-corrected chi connectivity index (χ0v) is 10.7. The first kappa shape index (κ1) is 14.5. The minimum Gasteiger partial charge on any atom is -0.466 e. The van der Waals surface area contributed by atoms with Crippen LogP contribution >= 0.6 is 0 Å². The molecule has 1 saturated heterocycles. The summed E-state index contributed by atoms with van der Waals surface area (Å²) in [6, 6.07) is 0. The molecule has 0 amide bonds. The van der Waals surface area contributed by atoms with Gasteiger partial charge >= 0.3 is 5.97 Å². The maximum absolute atomic E-state index is 11.3. The Hall–Kier alpha value is -0.610. The topological polar surface area (TPSA) is 55.8 Å². The lowest BCUT2D eigenvalue weighted by molar-refractivity contribution is -0.144. The predicted molar refractivity (Wildman–Crippen MR) is 64.7 cm³/mol. The number of unbranched alkanes of at least 4 members (excludes halogenated alkanes) is 1. The van der Waals surface area contributed by atoms with E-state index >= 15 is 0 Å². The van der Waals surface area contributed by atoms with Crippen molar-refractivity contribution in [3.8, 4) is 0 Å². The summed E-state index contributed by atoms with van der Waals surface area (Å²) in [6.45, 7) is 4.01. The second kappa shape index (κ2) is 8.48. The fraction of sp³-hybridized carbons (Fsp3) is 0.923. The first-order chi connectivity index (χ1) is 8.24. The fourth-order valence-corrected chi connectivity index (χ4v) is 2.00. The van der Waals surface area contributed by atoms with E-state index in [0.717, 1.165) is 38.9 Å². The summed E-state index contributed by atoms with van der Waals surface area (Å²) >= 11 is 0. The normalized spacial score (nSPS) is 18.9. The lowest BCUT2D eigenvalue weighted by atomic mass is 9.91. The molecule has 17 heavy (non-hydrogen) atoms. The van der Waals surface area contributed by atoms with Crippen LogP contribution in [0.4, 0.5) is 0 Å². The van der Waals surface area contributed by atoms with E-state index in [4.69, 9.17) is 9.47 Å². The quantitative estimate of drug-likeness (QED) is 0.549. The first-order valence-electron chi connectivity index (χ1n) is 6.65. The van der Waals surface area contributed by atoms with Crippen LogP contribution in [0, 0.1) is 5.92 Å². The van der Waals surface area contributed by atoms with Crippen molar-refractivity contribution in [2.24, 2.45) is 5.92 Å². The number of aliphatic hydroxyl groups excluding tert-OH is 1. The standard InChI is InChI=1S/C13H24O4/c1-2-3-8-17-13(15)5-4-12(14)11-6-9-16-10-7-11/h11-12,14H,2-10H2,1H3. The molecule has 1 rings (SSSR count). The van der Waals surface area contributed by atoms with Crippen molar-refractivity contribution in [2.75, 3.05) is 19.8 Å². The van der Waals surface area contributed by atoms with Crippen LogP contribution in [0.25, 0.3) is 0 Å². The molecule has 0 radical (unpaired) electrons. The average Bonchev–Trinajstić information content (AvgIpc) is 2.37. The highest BCUT2D eigenvalue weighted by molar-refractivity contribution is 5.69. The van der Waals surface area contributed by atoms with Gasteiger partial charge in [-0.25, -0.2) is 0 Å². The van der Waals surface area contributed by atoms with Crippen LogP contribution < -0.4 is 0 Å². The molecule has 1 aliphatic heterocycles. The SMILES string of the molecule is CCCCOC(=O)CCC(O)C1CCOCC1. The number of rotatable bonds is 7. The monoisotopic (exact) mass is 244 g/mol. The number of ether oxygens (including phenoxy) is 2. The van der Waals surface area contributed by atoms with Crippen LogP contribution in [0.5, 0.6) is 0 Å². The van der Waals surface area contributed by atoms with Crippen LogP contribution in [0.15, 0.2) is 0 Å². The molecule has 1 atom stereocenters. The molecule has 0 bridgehead atoms. The maximum atomic E-state index is 11.3. The van der Waals surface area contributed by atoms with Gasteiger partial charge in [0.15, 0.2) is 0 Å². The molecule has 4 nitrogen and oxygen atoms in total. The van der Waals surface area contributed by atoms with Crippen molar-refractivity contribution in [1.29, 1.82) is 0 Å². The van der Waals surface area contributed by atoms with Gasteiger partial charge in [0.05, 0.1) is 12.7 Å². The van der Waals surface area contributed by atoms with Crippen molar-refractivity contribution in [3.63, 3.8) is 0 Å². The molecule has 100 valence electrons. The molecule has 0 aromatic rings. The summed E-state index contributed by atoms with van der Waals surface area (Å²) in [5, 5.41) is 9.93. The summed E-state index contributed by atoms with van der Waals surface area (Å²) in [6.07, 6.45) is 4.17. The van der Waals surface area contributed by atoms with Gasteiger partial charge in [0.25, 0.3) is 0 Å². The van der Waals surface area contributed by atoms with E-state index in [1.165, 1.54) is 0 Å². The van der Waals surface area contributed by atoms with Crippen molar-refractivity contribution in [1.82, 2.24) is 0 Å². The second-order valence-corrected chi connectivity index (χ2v) is 4.63. The lowest BCUT2D eigenvalue weighted by Gasteiger charge is -2.26. The highest BCUT2D eigenvalue weighted by Crippen LogP contribution is 2.21. The Kier molecular flexibility index (Phi) is 7.21. The number of aliphatic hydroxyl groups is 1. The number of hydrogen-bond donors (Lipinski definition) is 1. The van der Waals surface area contributed by atoms with Crippen LogP contribution in [0.2, 0.25) is 0 Å². The summed E-state index contributed by atoms with van der Waals surface area (Å²) < 4.78 is 10.3. The third kappa shape index (κ3) is 6.03. The third-order valence-corrected chi connectivity index (χ3v) is 3.22. The Morgan fingerprint density at radius 3 is 2.82 bits per heavy atom. The highest BCUT2D eigenvalue weighted by Gasteiger charge is 2.22. The lowest BCUT2D eigenvalue weighted by Crippen LogP contribution is -2.28. The van der Waals surface area contributed by atoms with Gasteiger partial charge in [0.2, 0.25) is 0 Å². The molecule has 1 heterocycles. The van der Waals surface area contributed by atoms with Gasteiger partial charge < -0.3 is 14.6 Å². The van der Waals surface area contributed by atoms with Crippen molar-refractivity contribution < 1.29 is 19.4 Å². The highest BCUT2D eigenvalue weighted by atomic mass is 16.5. The largest absolute Gasteiger partial charge is 0.466 e. The molecule has 0 saturated carbocycles. The zero-order chi connectivity index (χ0) is 12.5. The minimum absolute atomic E-state index is 0.190. The van der Waals surface area contributed by atoms with E-state index in [1.807, 2.05) is 0 Å². The molecule has 1 fully saturated rings. The summed E-state index contributed by atoms with van der Waals surface area (Å²) in [7, 11) is 0. The van der Waals surface area contributed by atoms with Gasteiger partial charge in [-0.1, -0.05) is 13.3 Å². The molecule has 1 unspecified atom stereocenters. The average molecular weight is 244 g/mol. The first-order valence-corrected chi connectivity index (χ1v) is 6.65. The van der Waals surface area contributed by atoms with E-state index in [2.05, 4.69) is 6.92 Å². The second-order valence-electron chi connectivity index (χ2n) is 4.63. The summed E-state index contributed by atoms with van der Waals surface area (Å²) in [5.41, 5.74) is 0. The van der Waals surface area contributed by atoms with Gasteiger partial charge in [-0.05, 0) is 31.6 Å². The van der Waals surface area contributed by atoms with Crippen molar-refractivity contribution >= 4 is 5.97 Å². The van der Waals surface area contributed by atoms with E-state index in [1.54, 1.807) is 0 Å². The van der Waals surface area contributed by atoms with Gasteiger partial charge in [-0.2, -0.15) is 0 Å². The summed E-state index contributed by atoms with van der Waals surface area (Å²) in [4.78, 5) is 11.3. The van der Waals surface area contributed by atoms with Crippen LogP contribution in [0.3, 0.4) is 0 Å². The van der Waals surface area contributed by atoms with Crippen molar-refractivity contribution in [3.05, 3.63) is 0 Å². The Morgan fingerprint density at radius 2 is 2.18 bits per heavy atom. The van der Waals surface area contributed by atoms with Gasteiger partial charge in [-0.15, -0.1) is 0 Å². The smallest absolute Gasteiger partial charge is 0.305 e. The molecule has 4 heteroatoms.